The van der Waals surface area contributed by atoms with Gasteiger partial charge in [-0.2, -0.15) is 9.49 Å². The van der Waals surface area contributed by atoms with Crippen molar-refractivity contribution < 1.29 is 9.59 Å². The molecule has 21 heavy (non-hydrogen) atoms. The van der Waals surface area contributed by atoms with E-state index in [4.69, 9.17) is 0 Å². The number of carbonyl (C=O) groups excluding carboxylic acids is 2. The highest BCUT2D eigenvalue weighted by Crippen LogP contribution is 2.24. The quantitative estimate of drug-likeness (QED) is 0.625. The number of amides is 2. The van der Waals surface area contributed by atoms with E-state index in [1.165, 1.54) is 10.0 Å². The second-order valence-corrected chi connectivity index (χ2v) is 6.03. The number of rotatable bonds is 4. The maximum Gasteiger partial charge on any atom is 0.277 e. The van der Waals surface area contributed by atoms with Gasteiger partial charge in [-0.25, -0.2) is 15.0 Å². The van der Waals surface area contributed by atoms with E-state index < -0.39 is 6.04 Å². The van der Waals surface area contributed by atoms with Gasteiger partial charge in [0.2, 0.25) is 11.2 Å². The number of nitrogens with zero attached hydrogens (tertiary/aromatic N) is 6. The van der Waals surface area contributed by atoms with Crippen LogP contribution in [0.5, 0.6) is 0 Å². The summed E-state index contributed by atoms with van der Waals surface area (Å²) in [5.74, 6) is -0.118. The summed E-state index contributed by atoms with van der Waals surface area (Å²) in [5, 5.41) is 11.0. The van der Waals surface area contributed by atoms with E-state index in [1.54, 1.807) is 6.92 Å². The number of carbonyl (C=O) groups is 2. The summed E-state index contributed by atoms with van der Waals surface area (Å²) in [4.78, 5) is 28.8. The minimum Gasteiger partial charge on any atom is -0.270 e. The molecule has 114 valence electrons. The number of aromatic nitrogens is 2. The second-order valence-electron chi connectivity index (χ2n) is 5.30. The maximum absolute atomic E-state index is 12.4. The van der Waals surface area contributed by atoms with E-state index in [9.17, 15) is 9.59 Å². The first kappa shape index (κ1) is 15.5. The van der Waals surface area contributed by atoms with Crippen LogP contribution in [-0.2, 0) is 9.59 Å². The maximum atomic E-state index is 12.4. The molecule has 0 N–H and O–H groups in total. The Morgan fingerprint density at radius 1 is 1.10 bits per heavy atom. The van der Waals surface area contributed by atoms with Gasteiger partial charge in [-0.05, 0) is 34.6 Å². The molecule has 1 aromatic heterocycles. The fourth-order valence-corrected chi connectivity index (χ4v) is 2.62. The van der Waals surface area contributed by atoms with Gasteiger partial charge in [0.25, 0.3) is 11.8 Å². The Hall–Kier alpha value is -1.90. The van der Waals surface area contributed by atoms with Gasteiger partial charge in [0.15, 0.2) is 0 Å². The summed E-state index contributed by atoms with van der Waals surface area (Å²) in [6, 6.07) is -1.36. The van der Waals surface area contributed by atoms with Crippen LogP contribution in [0.4, 0.5) is 5.13 Å². The number of hydrogen-bond donors (Lipinski definition) is 0. The van der Waals surface area contributed by atoms with Crippen LogP contribution in [-0.4, -0.2) is 49.3 Å². The van der Waals surface area contributed by atoms with Gasteiger partial charge in [0.1, 0.15) is 5.82 Å². The van der Waals surface area contributed by atoms with Crippen molar-refractivity contribution in [3.63, 3.8) is 0 Å². The van der Waals surface area contributed by atoms with Crippen molar-refractivity contribution in [2.45, 2.75) is 52.7 Å². The molecule has 8 nitrogen and oxygen atoms in total. The Labute approximate surface area is 127 Å². The molecule has 0 saturated carbocycles. The van der Waals surface area contributed by atoms with Gasteiger partial charge >= 0.3 is 0 Å². The van der Waals surface area contributed by atoms with Crippen LogP contribution in [0.25, 0.3) is 0 Å². The summed E-state index contributed by atoms with van der Waals surface area (Å²) in [6.45, 7) is 9.16. The highest BCUT2D eigenvalue weighted by Gasteiger charge is 2.48. The monoisotopic (exact) mass is 310 g/mol. The highest BCUT2D eigenvalue weighted by molar-refractivity contribution is 7.09. The minimum atomic E-state index is -1.13. The van der Waals surface area contributed by atoms with Crippen molar-refractivity contribution in [2.75, 3.05) is 0 Å². The third-order valence-electron chi connectivity index (χ3n) is 2.91. The topological polar surface area (TPSA) is 91.1 Å². The summed E-state index contributed by atoms with van der Waals surface area (Å²) in [5.41, 5.74) is 0. The first-order chi connectivity index (χ1) is 9.82. The Morgan fingerprint density at radius 2 is 1.62 bits per heavy atom. The lowest BCUT2D eigenvalue weighted by molar-refractivity contribution is -0.154. The second kappa shape index (κ2) is 5.84. The zero-order valence-corrected chi connectivity index (χ0v) is 13.5. The largest absolute Gasteiger partial charge is 0.277 e. The van der Waals surface area contributed by atoms with E-state index in [-0.39, 0.29) is 23.9 Å². The van der Waals surface area contributed by atoms with Crippen LogP contribution >= 0.6 is 11.5 Å². The zero-order valence-electron chi connectivity index (χ0n) is 12.6. The lowest BCUT2D eigenvalue weighted by Gasteiger charge is -2.33. The normalized spacial score (nSPS) is 17.3. The SMILES string of the molecule is Cc1nsc(/N=N/C2C(=O)N(C(C)C)N(C(C)C)C2=O)n1. The van der Waals surface area contributed by atoms with Crippen molar-refractivity contribution >= 4 is 28.5 Å². The van der Waals surface area contributed by atoms with Crippen molar-refractivity contribution in [3.8, 4) is 0 Å². The molecule has 0 aromatic carbocycles. The fourth-order valence-electron chi connectivity index (χ4n) is 2.11. The fraction of sp³-hybridized carbons (Fsp3) is 0.667. The molecule has 1 fully saturated rings. The lowest BCUT2D eigenvalue weighted by atomic mass is 10.3. The number of hydrazine groups is 1. The first-order valence-corrected chi connectivity index (χ1v) is 7.47. The van der Waals surface area contributed by atoms with Crippen LogP contribution in [0, 0.1) is 6.92 Å². The van der Waals surface area contributed by atoms with Crippen molar-refractivity contribution in [1.82, 2.24) is 19.4 Å². The smallest absolute Gasteiger partial charge is 0.270 e. The van der Waals surface area contributed by atoms with Crippen molar-refractivity contribution in [3.05, 3.63) is 5.82 Å². The molecule has 1 aromatic rings. The Morgan fingerprint density at radius 3 is 2.00 bits per heavy atom. The summed E-state index contributed by atoms with van der Waals surface area (Å²) in [6.07, 6.45) is 0. The van der Waals surface area contributed by atoms with Crippen LogP contribution in [0.2, 0.25) is 0 Å². The summed E-state index contributed by atoms with van der Waals surface area (Å²) < 4.78 is 3.97. The predicted molar refractivity (Wildman–Crippen MR) is 76.9 cm³/mol. The molecule has 0 unspecified atom stereocenters. The van der Waals surface area contributed by atoms with Crippen LogP contribution in [0.3, 0.4) is 0 Å². The predicted octanol–water partition coefficient (Wildman–Crippen LogP) is 1.70. The molecule has 2 heterocycles. The molecule has 0 bridgehead atoms. The van der Waals surface area contributed by atoms with Gasteiger partial charge in [-0.3, -0.25) is 9.59 Å². The Balaban J connectivity index is 2.26. The van der Waals surface area contributed by atoms with Crippen molar-refractivity contribution in [2.24, 2.45) is 10.2 Å². The third kappa shape index (κ3) is 2.92. The van der Waals surface area contributed by atoms with E-state index in [0.29, 0.717) is 11.0 Å². The molecule has 0 atom stereocenters. The van der Waals surface area contributed by atoms with Gasteiger partial charge in [0.05, 0.1) is 0 Å². The Bertz CT molecular complexity index is 556. The van der Waals surface area contributed by atoms with Gasteiger partial charge < -0.3 is 0 Å². The number of hydrogen-bond acceptors (Lipinski definition) is 7. The molecule has 2 rings (SSSR count). The molecule has 0 radical (unpaired) electrons. The number of azo groups is 1. The molecular formula is C12H18N6O2S. The molecular weight excluding hydrogens is 292 g/mol. The molecule has 2 amide bonds. The molecule has 1 saturated heterocycles. The minimum absolute atomic E-state index is 0.118. The lowest BCUT2D eigenvalue weighted by Crippen LogP contribution is -2.48. The van der Waals surface area contributed by atoms with Gasteiger partial charge in [-0.15, -0.1) is 5.11 Å². The molecule has 0 spiro atoms. The van der Waals surface area contributed by atoms with E-state index in [0.717, 1.165) is 11.5 Å². The van der Waals surface area contributed by atoms with Gasteiger partial charge in [0, 0.05) is 23.6 Å². The molecule has 9 heteroatoms. The zero-order chi connectivity index (χ0) is 15.7. The third-order valence-corrected chi connectivity index (χ3v) is 3.60. The summed E-state index contributed by atoms with van der Waals surface area (Å²) in [7, 11) is 0. The first-order valence-electron chi connectivity index (χ1n) is 6.70. The van der Waals surface area contributed by atoms with Gasteiger partial charge in [-0.1, -0.05) is 0 Å². The van der Waals surface area contributed by atoms with E-state index >= 15 is 0 Å². The Kier molecular flexibility index (Phi) is 4.31. The molecule has 0 aliphatic carbocycles. The molecule has 1 aliphatic heterocycles. The van der Waals surface area contributed by atoms with Crippen LogP contribution < -0.4 is 0 Å². The highest BCUT2D eigenvalue weighted by atomic mass is 32.1. The molecule has 1 aliphatic rings. The standard InChI is InChI=1S/C12H18N6O2S/c1-6(2)17-10(19)9(11(20)18(17)7(3)4)14-15-12-13-8(5)16-21-12/h6-7,9H,1-5H3/b15-14+. The van der Waals surface area contributed by atoms with Crippen LogP contribution in [0.1, 0.15) is 33.5 Å². The number of aryl methyl sites for hydroxylation is 1. The average Bonchev–Trinajstić information content (AvgIpc) is 2.89. The van der Waals surface area contributed by atoms with Crippen molar-refractivity contribution in [1.29, 1.82) is 0 Å². The van der Waals surface area contributed by atoms with Crippen LogP contribution in [0.15, 0.2) is 10.2 Å². The average molecular weight is 310 g/mol. The van der Waals surface area contributed by atoms with E-state index in [2.05, 4.69) is 19.6 Å². The summed E-state index contributed by atoms with van der Waals surface area (Å²) >= 11 is 1.08. The van der Waals surface area contributed by atoms with E-state index in [1.807, 2.05) is 27.7 Å².